The van der Waals surface area contributed by atoms with Crippen LogP contribution < -0.4 is 4.74 Å². The minimum absolute atomic E-state index is 0.167. The zero-order valence-electron chi connectivity index (χ0n) is 6.40. The number of terminal acetylenes is 2. The molecule has 0 N–H and O–H groups in total. The van der Waals surface area contributed by atoms with E-state index >= 15 is 0 Å². The van der Waals surface area contributed by atoms with Gasteiger partial charge in [0.05, 0.1) is 0 Å². The second kappa shape index (κ2) is 4.05. The fourth-order valence-corrected chi connectivity index (χ4v) is 0.620. The summed E-state index contributed by atoms with van der Waals surface area (Å²) in [5, 5.41) is 3.88. The molecule has 0 radical (unpaired) electrons. The van der Waals surface area contributed by atoms with E-state index in [-0.39, 0.29) is 12.6 Å². The molecule has 60 valence electrons. The minimum Gasteiger partial charge on any atom is -0.449 e. The zero-order valence-corrected chi connectivity index (χ0v) is 6.40. The lowest BCUT2D eigenvalue weighted by Gasteiger charge is -1.92. The molecule has 1 aromatic rings. The third-order valence-electron chi connectivity index (χ3n) is 1.05. The number of hydrogen-bond donors (Lipinski definition) is 0. The maximum Gasteiger partial charge on any atom is 0.336 e. The van der Waals surface area contributed by atoms with Crippen LogP contribution in [-0.4, -0.2) is 21.4 Å². The molecule has 4 nitrogen and oxygen atoms in total. The van der Waals surface area contributed by atoms with E-state index in [4.69, 9.17) is 17.6 Å². The van der Waals surface area contributed by atoms with Gasteiger partial charge in [0.15, 0.2) is 6.61 Å². The van der Waals surface area contributed by atoms with Crippen LogP contribution in [0.3, 0.4) is 0 Å². The van der Waals surface area contributed by atoms with Gasteiger partial charge in [0.2, 0.25) is 0 Å². The second-order valence-corrected chi connectivity index (χ2v) is 1.92. The Balaban J connectivity index is 2.55. The summed E-state index contributed by atoms with van der Waals surface area (Å²) in [5.41, 5.74) is 0. The zero-order chi connectivity index (χ0) is 8.81. The molecule has 0 fully saturated rings. The maximum atomic E-state index is 5.06. The quantitative estimate of drug-likeness (QED) is 0.582. The number of rotatable bonds is 3. The predicted octanol–water partition coefficient (Wildman–Crippen LogP) is -0.0767. The molecular weight excluding hydrogens is 154 g/mol. The average molecular weight is 161 g/mol. The van der Waals surface area contributed by atoms with Crippen LogP contribution in [0.4, 0.5) is 0 Å². The van der Waals surface area contributed by atoms with E-state index in [1.807, 2.05) is 0 Å². The molecule has 0 aliphatic heterocycles. The van der Waals surface area contributed by atoms with E-state index in [2.05, 4.69) is 21.9 Å². The van der Waals surface area contributed by atoms with Crippen molar-refractivity contribution in [1.29, 1.82) is 0 Å². The lowest BCUT2D eigenvalue weighted by atomic mass is 10.7. The van der Waals surface area contributed by atoms with Gasteiger partial charge in [-0.3, -0.25) is 0 Å². The topological polar surface area (TPSA) is 39.9 Å². The van der Waals surface area contributed by atoms with Gasteiger partial charge in [-0.05, 0) is 0 Å². The molecule has 0 atom stereocenters. The molecule has 0 aliphatic rings. The Hall–Kier alpha value is -1.94. The highest BCUT2D eigenvalue weighted by Crippen LogP contribution is 1.98. The Bertz CT molecular complexity index is 329. The third kappa shape index (κ3) is 2.03. The van der Waals surface area contributed by atoms with E-state index in [0.29, 0.717) is 6.54 Å². The molecular formula is C8H7N3O. The van der Waals surface area contributed by atoms with Gasteiger partial charge in [0.25, 0.3) is 0 Å². The molecule has 0 aliphatic carbocycles. The van der Waals surface area contributed by atoms with Crippen molar-refractivity contribution in [1.82, 2.24) is 14.8 Å². The van der Waals surface area contributed by atoms with Crippen molar-refractivity contribution in [2.24, 2.45) is 0 Å². The van der Waals surface area contributed by atoms with Crippen LogP contribution >= 0.6 is 0 Å². The second-order valence-electron chi connectivity index (χ2n) is 1.92. The van der Waals surface area contributed by atoms with Crippen molar-refractivity contribution in [3.05, 3.63) is 6.33 Å². The summed E-state index contributed by atoms with van der Waals surface area (Å²) in [4.78, 5) is 3.81. The van der Waals surface area contributed by atoms with Crippen molar-refractivity contribution in [3.8, 4) is 30.7 Å². The molecule has 1 heterocycles. The van der Waals surface area contributed by atoms with Crippen molar-refractivity contribution in [2.45, 2.75) is 6.54 Å². The van der Waals surface area contributed by atoms with Gasteiger partial charge in [-0.1, -0.05) is 11.8 Å². The van der Waals surface area contributed by atoms with Crippen molar-refractivity contribution in [3.63, 3.8) is 0 Å². The average Bonchev–Trinajstić information content (AvgIpc) is 2.50. The van der Waals surface area contributed by atoms with Crippen molar-refractivity contribution >= 4 is 0 Å². The van der Waals surface area contributed by atoms with Gasteiger partial charge in [0.1, 0.15) is 12.9 Å². The molecule has 0 aromatic carbocycles. The number of hydrogen-bond acceptors (Lipinski definition) is 3. The third-order valence-corrected chi connectivity index (χ3v) is 1.05. The lowest BCUT2D eigenvalue weighted by molar-refractivity contribution is 0.338. The van der Waals surface area contributed by atoms with Gasteiger partial charge in [-0.2, -0.15) is 4.98 Å². The molecule has 0 bridgehead atoms. The first-order chi connectivity index (χ1) is 5.86. The molecule has 1 aromatic heterocycles. The normalized spacial score (nSPS) is 8.50. The Morgan fingerprint density at radius 2 is 2.33 bits per heavy atom. The van der Waals surface area contributed by atoms with Crippen molar-refractivity contribution in [2.75, 3.05) is 6.61 Å². The van der Waals surface area contributed by atoms with Crippen LogP contribution in [0.5, 0.6) is 6.01 Å². The summed E-state index contributed by atoms with van der Waals surface area (Å²) in [7, 11) is 0. The molecule has 1 rings (SSSR count). The first-order valence-electron chi connectivity index (χ1n) is 3.26. The summed E-state index contributed by atoms with van der Waals surface area (Å²) < 4.78 is 6.43. The first-order valence-corrected chi connectivity index (χ1v) is 3.26. The van der Waals surface area contributed by atoms with Gasteiger partial charge in [0, 0.05) is 0 Å². The highest BCUT2D eigenvalue weighted by molar-refractivity contribution is 4.94. The van der Waals surface area contributed by atoms with Gasteiger partial charge in [-0.15, -0.1) is 17.9 Å². The van der Waals surface area contributed by atoms with Crippen LogP contribution in [0.25, 0.3) is 0 Å². The molecule has 0 amide bonds. The Kier molecular flexibility index (Phi) is 2.75. The Morgan fingerprint density at radius 3 is 3.00 bits per heavy atom. The van der Waals surface area contributed by atoms with E-state index in [1.54, 1.807) is 0 Å². The molecule has 0 saturated carbocycles. The largest absolute Gasteiger partial charge is 0.449 e. The van der Waals surface area contributed by atoms with E-state index in [0.717, 1.165) is 0 Å². The molecule has 0 saturated heterocycles. The molecule has 12 heavy (non-hydrogen) atoms. The summed E-state index contributed by atoms with van der Waals surface area (Å²) in [5.74, 6) is 4.72. The van der Waals surface area contributed by atoms with Crippen LogP contribution in [0, 0.1) is 24.7 Å². The maximum absolute atomic E-state index is 5.06. The SMILES string of the molecule is C#CCOc1ncn(CC#C)n1. The monoisotopic (exact) mass is 161 g/mol. The fraction of sp³-hybridized carbons (Fsp3) is 0.250. The van der Waals surface area contributed by atoms with Crippen molar-refractivity contribution < 1.29 is 4.74 Å². The first kappa shape index (κ1) is 8.16. The molecule has 0 spiro atoms. The molecule has 0 unspecified atom stereocenters. The summed E-state index contributed by atoms with van der Waals surface area (Å²) in [6.07, 6.45) is 11.5. The van der Waals surface area contributed by atoms with E-state index in [1.165, 1.54) is 11.0 Å². The lowest BCUT2D eigenvalue weighted by Crippen LogP contribution is -1.98. The van der Waals surface area contributed by atoms with Gasteiger partial charge < -0.3 is 4.74 Å². The summed E-state index contributed by atoms with van der Waals surface area (Å²) >= 11 is 0. The van der Waals surface area contributed by atoms with Gasteiger partial charge >= 0.3 is 6.01 Å². The molecule has 4 heteroatoms. The number of aromatic nitrogens is 3. The highest BCUT2D eigenvalue weighted by Gasteiger charge is 1.98. The van der Waals surface area contributed by atoms with E-state index in [9.17, 15) is 0 Å². The van der Waals surface area contributed by atoms with Gasteiger partial charge in [-0.25, -0.2) is 4.68 Å². The highest BCUT2D eigenvalue weighted by atomic mass is 16.5. The summed E-state index contributed by atoms with van der Waals surface area (Å²) in [6, 6.07) is 0.253. The van der Waals surface area contributed by atoms with E-state index < -0.39 is 0 Å². The predicted molar refractivity (Wildman–Crippen MR) is 43.2 cm³/mol. The minimum atomic E-state index is 0.167. The van der Waals surface area contributed by atoms with Crippen LogP contribution in [0.1, 0.15) is 0 Å². The number of nitrogens with zero attached hydrogens (tertiary/aromatic N) is 3. The van der Waals surface area contributed by atoms with Crippen LogP contribution in [0.15, 0.2) is 6.33 Å². The Labute approximate surface area is 70.6 Å². The standard InChI is InChI=1S/C8H7N3O/c1-3-5-11-7-9-8(10-11)12-6-4-2/h1-2,7H,5-6H2. The number of ether oxygens (including phenoxy) is 1. The smallest absolute Gasteiger partial charge is 0.336 e. The Morgan fingerprint density at radius 1 is 1.50 bits per heavy atom. The fourth-order valence-electron chi connectivity index (χ4n) is 0.620. The summed E-state index contributed by atoms with van der Waals surface area (Å²) in [6.45, 7) is 0.548. The van der Waals surface area contributed by atoms with Crippen LogP contribution in [-0.2, 0) is 6.54 Å². The van der Waals surface area contributed by atoms with Crippen LogP contribution in [0.2, 0.25) is 0 Å².